The maximum Gasteiger partial charge on any atom is 0.229 e. The normalized spacial score (nSPS) is 27.9. The van der Waals surface area contributed by atoms with Gasteiger partial charge in [0, 0.05) is 16.8 Å². The third-order valence-electron chi connectivity index (χ3n) is 3.88. The third kappa shape index (κ3) is 4.37. The van der Waals surface area contributed by atoms with Crippen LogP contribution in [0.3, 0.4) is 0 Å². The van der Waals surface area contributed by atoms with Gasteiger partial charge in [0.25, 0.3) is 0 Å². The number of ether oxygens (including phenoxy) is 1. The van der Waals surface area contributed by atoms with Gasteiger partial charge in [-0.15, -0.1) is 11.8 Å². The van der Waals surface area contributed by atoms with E-state index in [1.165, 1.54) is 11.5 Å². The van der Waals surface area contributed by atoms with Crippen LogP contribution in [0.5, 0.6) is 0 Å². The fourth-order valence-electron chi connectivity index (χ4n) is 2.68. The predicted molar refractivity (Wildman–Crippen MR) is 87.0 cm³/mol. The zero-order valence-electron chi connectivity index (χ0n) is 12.4. The summed E-state index contributed by atoms with van der Waals surface area (Å²) in [4.78, 5) is 4.56. The summed E-state index contributed by atoms with van der Waals surface area (Å²) in [5, 5.41) is 8.43. The fraction of sp³-hybridized carbons (Fsp3) is 0.857. The number of hydrogen-bond acceptors (Lipinski definition) is 7. The highest BCUT2D eigenvalue weighted by molar-refractivity contribution is 8.06. The van der Waals surface area contributed by atoms with Crippen LogP contribution in [0.15, 0.2) is 4.52 Å². The van der Waals surface area contributed by atoms with Crippen molar-refractivity contribution < 1.29 is 9.26 Å². The number of nitrogens with one attached hydrogen (secondary N) is 1. The van der Waals surface area contributed by atoms with Gasteiger partial charge in [0.15, 0.2) is 5.82 Å². The quantitative estimate of drug-likeness (QED) is 0.889. The second-order valence-corrected chi connectivity index (χ2v) is 8.22. The standard InChI is InChI=1S/C14H23N3O2S2/c1-10-13(21-9-8-20-10)14-16-12(19-17-14)4-7-18-11-2-5-15-6-3-11/h10-11,13,15H,2-9H2,1H3. The van der Waals surface area contributed by atoms with Crippen molar-refractivity contribution in [2.24, 2.45) is 0 Å². The van der Waals surface area contributed by atoms with Gasteiger partial charge < -0.3 is 14.6 Å². The second kappa shape index (κ2) is 7.85. The van der Waals surface area contributed by atoms with Gasteiger partial charge in [-0.25, -0.2) is 0 Å². The van der Waals surface area contributed by atoms with Crippen LogP contribution >= 0.6 is 23.5 Å². The highest BCUT2D eigenvalue weighted by Gasteiger charge is 2.28. The third-order valence-corrected chi connectivity index (χ3v) is 6.97. The molecule has 0 radical (unpaired) electrons. The minimum Gasteiger partial charge on any atom is -0.378 e. The molecule has 0 aliphatic carbocycles. The first-order chi connectivity index (χ1) is 10.3. The SMILES string of the molecule is CC1SCCSC1c1noc(CCOC2CCNCC2)n1. The van der Waals surface area contributed by atoms with E-state index in [2.05, 4.69) is 22.4 Å². The highest BCUT2D eigenvalue weighted by Crippen LogP contribution is 2.41. The van der Waals surface area contributed by atoms with Crippen LogP contribution in [0.25, 0.3) is 0 Å². The van der Waals surface area contributed by atoms with E-state index in [1.54, 1.807) is 0 Å². The number of nitrogens with zero attached hydrogens (tertiary/aromatic N) is 2. The molecule has 2 aliphatic rings. The lowest BCUT2D eigenvalue weighted by molar-refractivity contribution is 0.0322. The lowest BCUT2D eigenvalue weighted by atomic mass is 10.1. The first kappa shape index (κ1) is 15.6. The molecule has 0 saturated carbocycles. The van der Waals surface area contributed by atoms with Crippen molar-refractivity contribution in [1.29, 1.82) is 0 Å². The summed E-state index contributed by atoms with van der Waals surface area (Å²) in [5.74, 6) is 3.96. The average Bonchev–Trinajstić information content (AvgIpc) is 2.97. The Balaban J connectivity index is 1.46. The van der Waals surface area contributed by atoms with E-state index in [4.69, 9.17) is 9.26 Å². The topological polar surface area (TPSA) is 60.2 Å². The molecule has 0 bridgehead atoms. The summed E-state index contributed by atoms with van der Waals surface area (Å²) in [7, 11) is 0. The number of thioether (sulfide) groups is 2. The Bertz CT molecular complexity index is 438. The molecule has 5 nitrogen and oxygen atoms in total. The molecule has 2 atom stereocenters. The maximum atomic E-state index is 5.89. The number of hydrogen-bond donors (Lipinski definition) is 1. The van der Waals surface area contributed by atoms with Crippen molar-refractivity contribution >= 4 is 23.5 Å². The van der Waals surface area contributed by atoms with Crippen molar-refractivity contribution in [3.63, 3.8) is 0 Å². The molecule has 21 heavy (non-hydrogen) atoms. The second-order valence-electron chi connectivity index (χ2n) is 5.48. The molecule has 118 valence electrons. The fourth-order valence-corrected chi connectivity index (χ4v) is 5.36. The smallest absolute Gasteiger partial charge is 0.229 e. The zero-order chi connectivity index (χ0) is 14.5. The molecule has 1 aromatic rings. The maximum absolute atomic E-state index is 5.89. The highest BCUT2D eigenvalue weighted by atomic mass is 32.2. The van der Waals surface area contributed by atoms with E-state index in [0.29, 0.717) is 29.1 Å². The first-order valence-electron chi connectivity index (χ1n) is 7.71. The summed E-state index contributed by atoms with van der Waals surface area (Å²) in [5.41, 5.74) is 0. The Morgan fingerprint density at radius 1 is 1.29 bits per heavy atom. The monoisotopic (exact) mass is 329 g/mol. The van der Waals surface area contributed by atoms with Gasteiger partial charge in [-0.2, -0.15) is 16.7 Å². The Morgan fingerprint density at radius 3 is 2.90 bits per heavy atom. The number of piperidine rings is 1. The Hall–Kier alpha value is -0.240. The molecule has 0 spiro atoms. The van der Waals surface area contributed by atoms with E-state index in [-0.39, 0.29) is 0 Å². The van der Waals surface area contributed by atoms with E-state index < -0.39 is 0 Å². The van der Waals surface area contributed by atoms with Crippen molar-refractivity contribution in [2.45, 2.75) is 42.8 Å². The Morgan fingerprint density at radius 2 is 2.10 bits per heavy atom. The largest absolute Gasteiger partial charge is 0.378 e. The summed E-state index contributed by atoms with van der Waals surface area (Å²) >= 11 is 3.93. The first-order valence-corrected chi connectivity index (χ1v) is 9.80. The number of aromatic nitrogens is 2. The van der Waals surface area contributed by atoms with E-state index in [1.807, 2.05) is 23.5 Å². The van der Waals surface area contributed by atoms with E-state index in [9.17, 15) is 0 Å². The van der Waals surface area contributed by atoms with Gasteiger partial charge >= 0.3 is 0 Å². The van der Waals surface area contributed by atoms with Gasteiger partial charge in [0.2, 0.25) is 5.89 Å². The molecule has 3 rings (SSSR count). The molecule has 0 amide bonds. The van der Waals surface area contributed by atoms with E-state index in [0.717, 1.165) is 38.2 Å². The van der Waals surface area contributed by atoms with Gasteiger partial charge in [-0.1, -0.05) is 12.1 Å². The van der Waals surface area contributed by atoms with Crippen molar-refractivity contribution in [1.82, 2.24) is 15.5 Å². The molecule has 2 unspecified atom stereocenters. The van der Waals surface area contributed by atoms with Crippen LogP contribution in [-0.4, -0.2) is 52.7 Å². The van der Waals surface area contributed by atoms with Crippen LogP contribution in [0.1, 0.15) is 36.7 Å². The van der Waals surface area contributed by atoms with Crippen LogP contribution in [0.4, 0.5) is 0 Å². The Labute approximate surface area is 134 Å². The molecule has 1 aromatic heterocycles. The molecular weight excluding hydrogens is 306 g/mol. The van der Waals surface area contributed by atoms with E-state index >= 15 is 0 Å². The minimum absolute atomic E-state index is 0.367. The molecule has 2 aliphatic heterocycles. The van der Waals surface area contributed by atoms with Crippen molar-refractivity contribution in [2.75, 3.05) is 31.2 Å². The lowest BCUT2D eigenvalue weighted by Crippen LogP contribution is -2.32. The van der Waals surface area contributed by atoms with Crippen LogP contribution in [0, 0.1) is 0 Å². The van der Waals surface area contributed by atoms with Gasteiger partial charge in [-0.3, -0.25) is 0 Å². The molecule has 7 heteroatoms. The molecular formula is C14H23N3O2S2. The van der Waals surface area contributed by atoms with Crippen LogP contribution < -0.4 is 5.32 Å². The van der Waals surface area contributed by atoms with Crippen molar-refractivity contribution in [3.05, 3.63) is 11.7 Å². The summed E-state index contributed by atoms with van der Waals surface area (Å²) < 4.78 is 11.3. The Kier molecular flexibility index (Phi) is 5.85. The van der Waals surface area contributed by atoms with Crippen LogP contribution in [0.2, 0.25) is 0 Å². The lowest BCUT2D eigenvalue weighted by Gasteiger charge is -2.24. The summed E-state index contributed by atoms with van der Waals surface area (Å²) in [6.45, 7) is 5.04. The molecule has 1 N–H and O–H groups in total. The van der Waals surface area contributed by atoms with Gasteiger partial charge in [-0.05, 0) is 25.9 Å². The zero-order valence-corrected chi connectivity index (χ0v) is 14.0. The summed E-state index contributed by atoms with van der Waals surface area (Å²) in [6.07, 6.45) is 3.31. The van der Waals surface area contributed by atoms with Gasteiger partial charge in [0.05, 0.1) is 24.4 Å². The molecule has 2 fully saturated rings. The number of rotatable bonds is 5. The predicted octanol–water partition coefficient (Wildman–Crippen LogP) is 2.29. The average molecular weight is 329 g/mol. The molecule has 0 aromatic carbocycles. The van der Waals surface area contributed by atoms with Crippen LogP contribution in [-0.2, 0) is 11.2 Å². The summed E-state index contributed by atoms with van der Waals surface area (Å²) in [6, 6.07) is 0. The van der Waals surface area contributed by atoms with Crippen molar-refractivity contribution in [3.8, 4) is 0 Å². The minimum atomic E-state index is 0.367. The van der Waals surface area contributed by atoms with Gasteiger partial charge in [0.1, 0.15) is 0 Å². The molecule has 3 heterocycles. The molecule has 2 saturated heterocycles.